The molecule has 0 aromatic rings. The molecule has 1 atom stereocenters. The molecule has 0 aliphatic carbocycles. The number of hydrogen-bond donors (Lipinski definition) is 3. The predicted molar refractivity (Wildman–Crippen MR) is 93.9 cm³/mol. The number of carboxylic acids is 1. The van der Waals surface area contributed by atoms with Crippen LogP contribution in [0.25, 0.3) is 0 Å². The quantitative estimate of drug-likeness (QED) is 0.332. The summed E-state index contributed by atoms with van der Waals surface area (Å²) in [6.45, 7) is 2.77. The SMILES string of the molecule is CCCCCC(O)/C=C/C=C\CNC(=O)OCCCCCC(=O)O. The standard InChI is InChI=1S/C18H31NO5/c1-2-3-6-11-16(20)12-7-4-9-14-19-18(23)24-15-10-5-8-13-17(21)22/h4,7,9,12,16,20H,2-3,5-6,8,10-11,13-15H2,1H3,(H,19,23)(H,21,22)/b9-4-,12-7+. The molecule has 0 aromatic heterocycles. The lowest BCUT2D eigenvalue weighted by molar-refractivity contribution is -0.137. The van der Waals surface area contributed by atoms with Crippen molar-refractivity contribution in [2.45, 2.75) is 64.4 Å². The minimum Gasteiger partial charge on any atom is -0.481 e. The van der Waals surface area contributed by atoms with Crippen LogP contribution in [0.3, 0.4) is 0 Å². The van der Waals surface area contributed by atoms with Gasteiger partial charge in [0.15, 0.2) is 0 Å². The highest BCUT2D eigenvalue weighted by atomic mass is 16.5. The van der Waals surface area contributed by atoms with Gasteiger partial charge < -0.3 is 20.3 Å². The zero-order valence-corrected chi connectivity index (χ0v) is 14.6. The van der Waals surface area contributed by atoms with Gasteiger partial charge in [0.1, 0.15) is 0 Å². The van der Waals surface area contributed by atoms with E-state index < -0.39 is 18.2 Å². The number of ether oxygens (including phenoxy) is 1. The lowest BCUT2D eigenvalue weighted by atomic mass is 10.1. The number of aliphatic hydroxyl groups is 1. The average Bonchev–Trinajstić information content (AvgIpc) is 2.54. The Morgan fingerprint density at radius 3 is 2.62 bits per heavy atom. The Morgan fingerprint density at radius 2 is 1.92 bits per heavy atom. The zero-order chi connectivity index (χ0) is 18.0. The van der Waals surface area contributed by atoms with Crippen molar-refractivity contribution < 1.29 is 24.5 Å². The minimum atomic E-state index is -0.803. The van der Waals surface area contributed by atoms with Crippen molar-refractivity contribution in [2.75, 3.05) is 13.2 Å². The maximum absolute atomic E-state index is 11.4. The Morgan fingerprint density at radius 1 is 1.12 bits per heavy atom. The first-order valence-corrected chi connectivity index (χ1v) is 8.70. The van der Waals surface area contributed by atoms with Crippen molar-refractivity contribution in [3.05, 3.63) is 24.3 Å². The fourth-order valence-electron chi connectivity index (χ4n) is 1.95. The van der Waals surface area contributed by atoms with E-state index in [-0.39, 0.29) is 6.42 Å². The number of aliphatic carboxylic acids is 1. The molecule has 0 spiro atoms. The number of carboxylic acid groups (broad SMARTS) is 1. The maximum atomic E-state index is 11.4. The smallest absolute Gasteiger partial charge is 0.407 e. The van der Waals surface area contributed by atoms with E-state index in [2.05, 4.69) is 12.2 Å². The second-order valence-electron chi connectivity index (χ2n) is 5.60. The first-order valence-electron chi connectivity index (χ1n) is 8.70. The van der Waals surface area contributed by atoms with E-state index >= 15 is 0 Å². The fourth-order valence-corrected chi connectivity index (χ4v) is 1.95. The molecule has 0 saturated carbocycles. The summed E-state index contributed by atoms with van der Waals surface area (Å²) in [4.78, 5) is 21.7. The Hall–Kier alpha value is -1.82. The van der Waals surface area contributed by atoms with Gasteiger partial charge in [-0.05, 0) is 25.7 Å². The van der Waals surface area contributed by atoms with Crippen LogP contribution in [-0.4, -0.2) is 41.5 Å². The molecule has 1 amide bonds. The summed E-state index contributed by atoms with van der Waals surface area (Å²) in [5.74, 6) is -0.803. The van der Waals surface area contributed by atoms with Gasteiger partial charge in [0.25, 0.3) is 0 Å². The number of carbonyl (C=O) groups excluding carboxylic acids is 1. The van der Waals surface area contributed by atoms with Crippen LogP contribution < -0.4 is 5.32 Å². The van der Waals surface area contributed by atoms with Gasteiger partial charge in [-0.1, -0.05) is 50.5 Å². The summed E-state index contributed by atoms with van der Waals surface area (Å²) >= 11 is 0. The number of amides is 1. The molecule has 0 rings (SSSR count). The molecular formula is C18H31NO5. The van der Waals surface area contributed by atoms with E-state index in [9.17, 15) is 14.7 Å². The van der Waals surface area contributed by atoms with Crippen molar-refractivity contribution in [1.29, 1.82) is 0 Å². The van der Waals surface area contributed by atoms with Crippen molar-refractivity contribution in [3.8, 4) is 0 Å². The van der Waals surface area contributed by atoms with Crippen molar-refractivity contribution in [3.63, 3.8) is 0 Å². The largest absolute Gasteiger partial charge is 0.481 e. The molecule has 6 heteroatoms. The normalized spacial score (nSPS) is 12.6. The number of alkyl carbamates (subject to hydrolysis) is 1. The number of hydrogen-bond acceptors (Lipinski definition) is 4. The molecule has 0 aliphatic rings. The third kappa shape index (κ3) is 16.5. The van der Waals surface area contributed by atoms with Crippen molar-refractivity contribution >= 4 is 12.1 Å². The van der Waals surface area contributed by atoms with E-state index in [0.717, 1.165) is 32.1 Å². The van der Waals surface area contributed by atoms with Gasteiger partial charge in [-0.15, -0.1) is 0 Å². The summed E-state index contributed by atoms with van der Waals surface area (Å²) in [7, 11) is 0. The first-order chi connectivity index (χ1) is 11.6. The van der Waals surface area contributed by atoms with Crippen molar-refractivity contribution in [2.24, 2.45) is 0 Å². The van der Waals surface area contributed by atoms with Gasteiger partial charge in [-0.3, -0.25) is 4.79 Å². The number of rotatable bonds is 14. The number of unbranched alkanes of at least 4 members (excludes halogenated alkanes) is 4. The van der Waals surface area contributed by atoms with Gasteiger partial charge in [-0.25, -0.2) is 4.79 Å². The predicted octanol–water partition coefficient (Wildman–Crippen LogP) is 3.41. The van der Waals surface area contributed by atoms with Crippen LogP contribution in [0.1, 0.15) is 58.3 Å². The minimum absolute atomic E-state index is 0.151. The number of carbonyl (C=O) groups is 2. The second-order valence-corrected chi connectivity index (χ2v) is 5.60. The molecule has 0 saturated heterocycles. The monoisotopic (exact) mass is 341 g/mol. The highest BCUT2D eigenvalue weighted by molar-refractivity contribution is 5.67. The molecule has 0 aliphatic heterocycles. The molecule has 24 heavy (non-hydrogen) atoms. The maximum Gasteiger partial charge on any atom is 0.407 e. The Bertz CT molecular complexity index is 393. The lowest BCUT2D eigenvalue weighted by Gasteiger charge is -2.04. The van der Waals surface area contributed by atoms with E-state index in [1.165, 1.54) is 0 Å². The average molecular weight is 341 g/mol. The molecule has 3 N–H and O–H groups in total. The second kappa shape index (κ2) is 16.1. The topological polar surface area (TPSA) is 95.9 Å². The molecule has 138 valence electrons. The van der Waals surface area contributed by atoms with E-state index in [1.807, 2.05) is 0 Å². The van der Waals surface area contributed by atoms with Gasteiger partial charge >= 0.3 is 12.1 Å². The lowest BCUT2D eigenvalue weighted by Crippen LogP contribution is -2.24. The molecule has 0 bridgehead atoms. The molecule has 0 heterocycles. The Kier molecular flexibility index (Phi) is 14.8. The molecule has 1 unspecified atom stereocenters. The third-order valence-corrected chi connectivity index (χ3v) is 3.32. The van der Waals surface area contributed by atoms with Crippen LogP contribution in [-0.2, 0) is 9.53 Å². The van der Waals surface area contributed by atoms with Gasteiger partial charge in [0.2, 0.25) is 0 Å². The third-order valence-electron chi connectivity index (χ3n) is 3.32. The van der Waals surface area contributed by atoms with E-state index in [0.29, 0.717) is 26.0 Å². The van der Waals surface area contributed by atoms with Crippen LogP contribution >= 0.6 is 0 Å². The fraction of sp³-hybridized carbons (Fsp3) is 0.667. The van der Waals surface area contributed by atoms with Crippen molar-refractivity contribution in [1.82, 2.24) is 5.32 Å². The van der Waals surface area contributed by atoms with Crippen LogP contribution in [0.5, 0.6) is 0 Å². The molecule has 6 nitrogen and oxygen atoms in total. The highest BCUT2D eigenvalue weighted by Crippen LogP contribution is 2.04. The molecule has 0 aromatic carbocycles. The molecular weight excluding hydrogens is 310 g/mol. The summed E-state index contributed by atoms with van der Waals surface area (Å²) in [6, 6.07) is 0. The van der Waals surface area contributed by atoms with E-state index in [4.69, 9.17) is 9.84 Å². The first kappa shape index (κ1) is 22.2. The number of nitrogens with one attached hydrogen (secondary N) is 1. The Balaban J connectivity index is 3.54. The summed E-state index contributed by atoms with van der Waals surface area (Å²) in [5.41, 5.74) is 0. The summed E-state index contributed by atoms with van der Waals surface area (Å²) in [6.07, 6.45) is 12.4. The Labute approximate surface area is 144 Å². The van der Waals surface area contributed by atoms with Crippen LogP contribution in [0.15, 0.2) is 24.3 Å². The zero-order valence-electron chi connectivity index (χ0n) is 14.6. The molecule has 0 fully saturated rings. The van der Waals surface area contributed by atoms with Gasteiger partial charge in [0.05, 0.1) is 12.7 Å². The van der Waals surface area contributed by atoms with Gasteiger partial charge in [0, 0.05) is 13.0 Å². The number of aliphatic hydroxyl groups excluding tert-OH is 1. The molecule has 0 radical (unpaired) electrons. The van der Waals surface area contributed by atoms with Gasteiger partial charge in [-0.2, -0.15) is 0 Å². The highest BCUT2D eigenvalue weighted by Gasteiger charge is 2.00. The van der Waals surface area contributed by atoms with E-state index in [1.54, 1.807) is 24.3 Å². The summed E-state index contributed by atoms with van der Waals surface area (Å²) in [5, 5.41) is 20.7. The summed E-state index contributed by atoms with van der Waals surface area (Å²) < 4.78 is 4.96. The van der Waals surface area contributed by atoms with Crippen LogP contribution in [0.4, 0.5) is 4.79 Å². The van der Waals surface area contributed by atoms with Crippen LogP contribution in [0.2, 0.25) is 0 Å². The number of allylic oxidation sites excluding steroid dienone is 2. The van der Waals surface area contributed by atoms with Crippen LogP contribution in [0, 0.1) is 0 Å².